The van der Waals surface area contributed by atoms with Crippen LogP contribution in [0.5, 0.6) is 5.75 Å². The minimum Gasteiger partial charge on any atom is -0.497 e. The Kier molecular flexibility index (Phi) is 5.22. The number of benzene rings is 2. The van der Waals surface area contributed by atoms with Crippen LogP contribution >= 0.6 is 15.9 Å². The average Bonchev–Trinajstić information content (AvgIpc) is 2.50. The lowest BCUT2D eigenvalue weighted by Crippen LogP contribution is -2.31. The quantitative estimate of drug-likeness (QED) is 0.861. The molecule has 0 aliphatic heterocycles. The fraction of sp³-hybridized carbons (Fsp3) is 0.188. The maximum Gasteiger partial charge on any atom is 0.246 e. The van der Waals surface area contributed by atoms with Gasteiger partial charge < -0.3 is 15.4 Å². The molecule has 21 heavy (non-hydrogen) atoms. The molecule has 110 valence electrons. The molecule has 0 fully saturated rings. The summed E-state index contributed by atoms with van der Waals surface area (Å²) < 4.78 is 6.08. The summed E-state index contributed by atoms with van der Waals surface area (Å²) in [5.41, 5.74) is 1.64. The van der Waals surface area contributed by atoms with E-state index in [1.54, 1.807) is 7.11 Å². The Labute approximate surface area is 132 Å². The average molecular weight is 349 g/mol. The third-order valence-electron chi connectivity index (χ3n) is 2.98. The first-order valence-electron chi connectivity index (χ1n) is 6.55. The van der Waals surface area contributed by atoms with Crippen molar-refractivity contribution >= 4 is 33.2 Å². The van der Waals surface area contributed by atoms with Crippen LogP contribution in [-0.2, 0) is 4.79 Å². The zero-order chi connectivity index (χ0) is 15.2. The van der Waals surface area contributed by atoms with Crippen molar-refractivity contribution in [3.05, 3.63) is 53.0 Å². The summed E-state index contributed by atoms with van der Waals surface area (Å²) in [6.07, 6.45) is 0. The second-order valence-corrected chi connectivity index (χ2v) is 5.51. The lowest BCUT2D eigenvalue weighted by molar-refractivity contribution is -0.116. The van der Waals surface area contributed by atoms with Gasteiger partial charge in [-0.1, -0.05) is 15.9 Å². The number of rotatable bonds is 5. The van der Waals surface area contributed by atoms with E-state index in [1.807, 2.05) is 55.5 Å². The molecule has 0 radical (unpaired) electrons. The predicted octanol–water partition coefficient (Wildman–Crippen LogP) is 3.90. The number of anilines is 2. The molecule has 0 aliphatic carbocycles. The van der Waals surface area contributed by atoms with Gasteiger partial charge in [0.2, 0.25) is 5.91 Å². The highest BCUT2D eigenvalue weighted by atomic mass is 79.9. The molecule has 0 saturated heterocycles. The summed E-state index contributed by atoms with van der Waals surface area (Å²) in [6, 6.07) is 14.6. The van der Waals surface area contributed by atoms with Crippen LogP contribution < -0.4 is 15.4 Å². The van der Waals surface area contributed by atoms with Crippen LogP contribution in [0.15, 0.2) is 53.0 Å². The van der Waals surface area contributed by atoms with Gasteiger partial charge in [-0.3, -0.25) is 4.79 Å². The number of hydrogen-bond donors (Lipinski definition) is 2. The molecule has 5 heteroatoms. The van der Waals surface area contributed by atoms with E-state index in [0.29, 0.717) is 0 Å². The van der Waals surface area contributed by atoms with Crippen molar-refractivity contribution in [2.24, 2.45) is 0 Å². The summed E-state index contributed by atoms with van der Waals surface area (Å²) in [5, 5.41) is 6.01. The minimum absolute atomic E-state index is 0.0944. The molecule has 0 unspecified atom stereocenters. The van der Waals surface area contributed by atoms with Crippen LogP contribution in [0.2, 0.25) is 0 Å². The Hall–Kier alpha value is -2.01. The Balaban J connectivity index is 1.93. The molecular weight excluding hydrogens is 332 g/mol. The maximum atomic E-state index is 12.1. The number of nitrogens with one attached hydrogen (secondary N) is 2. The lowest BCUT2D eigenvalue weighted by atomic mass is 10.2. The molecule has 2 aromatic rings. The molecule has 0 spiro atoms. The van der Waals surface area contributed by atoms with Gasteiger partial charge in [0.1, 0.15) is 11.8 Å². The van der Waals surface area contributed by atoms with E-state index in [0.717, 1.165) is 21.6 Å². The second-order valence-electron chi connectivity index (χ2n) is 4.59. The van der Waals surface area contributed by atoms with Crippen molar-refractivity contribution < 1.29 is 9.53 Å². The van der Waals surface area contributed by atoms with Gasteiger partial charge in [0, 0.05) is 15.8 Å². The van der Waals surface area contributed by atoms with Gasteiger partial charge >= 0.3 is 0 Å². The van der Waals surface area contributed by atoms with Crippen LogP contribution in [0.3, 0.4) is 0 Å². The third-order valence-corrected chi connectivity index (χ3v) is 3.51. The zero-order valence-corrected chi connectivity index (χ0v) is 13.5. The smallest absolute Gasteiger partial charge is 0.246 e. The maximum absolute atomic E-state index is 12.1. The topological polar surface area (TPSA) is 50.4 Å². The van der Waals surface area contributed by atoms with Crippen molar-refractivity contribution in [2.45, 2.75) is 13.0 Å². The van der Waals surface area contributed by atoms with Crippen molar-refractivity contribution in [1.82, 2.24) is 0 Å². The van der Waals surface area contributed by atoms with Crippen LogP contribution in [0.25, 0.3) is 0 Å². The van der Waals surface area contributed by atoms with E-state index in [1.165, 1.54) is 0 Å². The monoisotopic (exact) mass is 348 g/mol. The SMILES string of the molecule is COc1ccc(NC(=O)[C@@H](C)Nc2ccc(Br)cc2)cc1. The number of carbonyl (C=O) groups is 1. The minimum atomic E-state index is -0.340. The van der Waals surface area contributed by atoms with Crippen LogP contribution in [0.4, 0.5) is 11.4 Å². The Morgan fingerprint density at radius 2 is 1.62 bits per heavy atom. The van der Waals surface area contributed by atoms with Crippen molar-refractivity contribution in [3.63, 3.8) is 0 Å². The molecule has 0 aromatic heterocycles. The van der Waals surface area contributed by atoms with Crippen molar-refractivity contribution in [2.75, 3.05) is 17.7 Å². The number of halogens is 1. The van der Waals surface area contributed by atoms with Crippen LogP contribution in [-0.4, -0.2) is 19.1 Å². The summed E-state index contributed by atoms with van der Waals surface area (Å²) in [7, 11) is 1.61. The van der Waals surface area contributed by atoms with Gasteiger partial charge in [0.25, 0.3) is 0 Å². The molecule has 2 aromatic carbocycles. The van der Waals surface area contributed by atoms with E-state index in [2.05, 4.69) is 26.6 Å². The van der Waals surface area contributed by atoms with Crippen molar-refractivity contribution in [1.29, 1.82) is 0 Å². The third kappa shape index (κ3) is 4.49. The molecule has 0 heterocycles. The first-order valence-corrected chi connectivity index (χ1v) is 7.35. The molecular formula is C16H17BrN2O2. The summed E-state index contributed by atoms with van der Waals surface area (Å²) in [4.78, 5) is 12.1. The number of carbonyl (C=O) groups excluding carboxylic acids is 1. The van der Waals surface area contributed by atoms with Crippen molar-refractivity contribution in [3.8, 4) is 5.75 Å². The molecule has 0 aliphatic rings. The van der Waals surface area contributed by atoms with Crippen LogP contribution in [0, 0.1) is 0 Å². The highest BCUT2D eigenvalue weighted by Gasteiger charge is 2.12. The van der Waals surface area contributed by atoms with Gasteiger partial charge in [-0.25, -0.2) is 0 Å². The van der Waals surface area contributed by atoms with E-state index in [9.17, 15) is 4.79 Å². The number of amides is 1. The van der Waals surface area contributed by atoms with Gasteiger partial charge in [0.05, 0.1) is 7.11 Å². The Morgan fingerprint density at radius 1 is 1.05 bits per heavy atom. The van der Waals surface area contributed by atoms with Gasteiger partial charge in [-0.05, 0) is 55.5 Å². The highest BCUT2D eigenvalue weighted by molar-refractivity contribution is 9.10. The number of methoxy groups -OCH3 is 1. The highest BCUT2D eigenvalue weighted by Crippen LogP contribution is 2.17. The van der Waals surface area contributed by atoms with E-state index >= 15 is 0 Å². The predicted molar refractivity (Wildman–Crippen MR) is 88.9 cm³/mol. The normalized spacial score (nSPS) is 11.6. The number of ether oxygens (including phenoxy) is 1. The zero-order valence-electron chi connectivity index (χ0n) is 11.9. The fourth-order valence-corrected chi connectivity index (χ4v) is 2.05. The lowest BCUT2D eigenvalue weighted by Gasteiger charge is -2.15. The van der Waals surface area contributed by atoms with Gasteiger partial charge in [0.15, 0.2) is 0 Å². The van der Waals surface area contributed by atoms with E-state index in [4.69, 9.17) is 4.74 Å². The first-order chi connectivity index (χ1) is 10.1. The Morgan fingerprint density at radius 3 is 2.19 bits per heavy atom. The molecule has 4 nitrogen and oxygen atoms in total. The second kappa shape index (κ2) is 7.13. The molecule has 0 saturated carbocycles. The first kappa shape index (κ1) is 15.4. The summed E-state index contributed by atoms with van der Waals surface area (Å²) in [5.74, 6) is 0.664. The van der Waals surface area contributed by atoms with E-state index in [-0.39, 0.29) is 11.9 Å². The molecule has 0 bridgehead atoms. The molecule has 1 amide bonds. The molecule has 1 atom stereocenters. The molecule has 2 N–H and O–H groups in total. The summed E-state index contributed by atoms with van der Waals surface area (Å²) >= 11 is 3.38. The Bertz CT molecular complexity index is 597. The summed E-state index contributed by atoms with van der Waals surface area (Å²) in [6.45, 7) is 1.82. The fourth-order valence-electron chi connectivity index (χ4n) is 1.79. The van der Waals surface area contributed by atoms with Crippen LogP contribution in [0.1, 0.15) is 6.92 Å². The van der Waals surface area contributed by atoms with Gasteiger partial charge in [-0.15, -0.1) is 0 Å². The molecule has 2 rings (SSSR count). The van der Waals surface area contributed by atoms with E-state index < -0.39 is 0 Å². The standard InChI is InChI=1S/C16H17BrN2O2/c1-11(18-13-5-3-12(17)4-6-13)16(20)19-14-7-9-15(21-2)10-8-14/h3-11,18H,1-2H3,(H,19,20)/t11-/m1/s1. The largest absolute Gasteiger partial charge is 0.497 e. The van der Waals surface area contributed by atoms with Gasteiger partial charge in [-0.2, -0.15) is 0 Å². The number of hydrogen-bond acceptors (Lipinski definition) is 3.